The molecule has 1 aromatic heterocycles. The van der Waals surface area contributed by atoms with Gasteiger partial charge in [0.25, 0.3) is 0 Å². The summed E-state index contributed by atoms with van der Waals surface area (Å²) in [6, 6.07) is 6.42. The zero-order valence-corrected chi connectivity index (χ0v) is 10.8. The SMILES string of the molecule is Cc1[nH]n(C(N)=S)c(=O)c1N=Nc1ccccc1O. The van der Waals surface area contributed by atoms with Crippen molar-refractivity contribution in [2.24, 2.45) is 16.0 Å². The van der Waals surface area contributed by atoms with Gasteiger partial charge in [-0.3, -0.25) is 9.89 Å². The number of nitrogens with one attached hydrogen (secondary N) is 1. The number of aromatic nitrogens is 2. The molecule has 0 spiro atoms. The van der Waals surface area contributed by atoms with Gasteiger partial charge in [-0.05, 0) is 31.3 Å². The van der Waals surface area contributed by atoms with Crippen molar-refractivity contribution in [2.75, 3.05) is 0 Å². The molecule has 0 amide bonds. The number of phenolic OH excluding ortho intramolecular Hbond substituents is 1. The van der Waals surface area contributed by atoms with E-state index in [-0.39, 0.29) is 22.2 Å². The molecule has 2 rings (SSSR count). The first-order chi connectivity index (χ1) is 9.00. The molecule has 0 aliphatic rings. The van der Waals surface area contributed by atoms with E-state index in [2.05, 4.69) is 15.3 Å². The van der Waals surface area contributed by atoms with Gasteiger partial charge in [-0.2, -0.15) is 4.68 Å². The fourth-order valence-corrected chi connectivity index (χ4v) is 1.59. The molecule has 0 unspecified atom stereocenters. The summed E-state index contributed by atoms with van der Waals surface area (Å²) in [4.78, 5) is 11.9. The van der Waals surface area contributed by atoms with Crippen LogP contribution in [0.1, 0.15) is 5.69 Å². The first-order valence-corrected chi connectivity index (χ1v) is 5.72. The number of benzene rings is 1. The smallest absolute Gasteiger partial charge is 0.301 e. The number of H-pyrrole nitrogens is 1. The summed E-state index contributed by atoms with van der Waals surface area (Å²) < 4.78 is 1.00. The Morgan fingerprint density at radius 1 is 1.42 bits per heavy atom. The van der Waals surface area contributed by atoms with E-state index in [0.717, 1.165) is 4.68 Å². The summed E-state index contributed by atoms with van der Waals surface area (Å²) >= 11 is 4.72. The molecule has 8 heteroatoms. The molecular weight excluding hydrogens is 266 g/mol. The summed E-state index contributed by atoms with van der Waals surface area (Å²) in [6.45, 7) is 1.65. The van der Waals surface area contributed by atoms with Gasteiger partial charge >= 0.3 is 5.56 Å². The number of aryl methyl sites for hydroxylation is 1. The van der Waals surface area contributed by atoms with Crippen LogP contribution < -0.4 is 11.3 Å². The second kappa shape index (κ2) is 5.02. The number of nitrogens with zero attached hydrogens (tertiary/aromatic N) is 3. The van der Waals surface area contributed by atoms with E-state index in [1.807, 2.05) is 0 Å². The van der Waals surface area contributed by atoms with E-state index < -0.39 is 5.56 Å². The van der Waals surface area contributed by atoms with Crippen LogP contribution >= 0.6 is 12.2 Å². The second-order valence-corrected chi connectivity index (χ2v) is 4.17. The zero-order valence-electron chi connectivity index (χ0n) is 9.99. The number of thiocarbonyl (C=S) groups is 1. The lowest BCUT2D eigenvalue weighted by molar-refractivity contribution is 0.476. The molecule has 7 nitrogen and oxygen atoms in total. The third-order valence-corrected chi connectivity index (χ3v) is 2.58. The number of rotatable bonds is 2. The Balaban J connectivity index is 2.43. The van der Waals surface area contributed by atoms with Crippen molar-refractivity contribution >= 4 is 28.7 Å². The van der Waals surface area contributed by atoms with Crippen molar-refractivity contribution < 1.29 is 5.11 Å². The standard InChI is InChI=1S/C11H11N5O2S/c1-6-9(10(18)16(15-6)11(12)19)14-13-7-4-2-3-5-8(7)17/h2-5,15,17H,1H3,(H2,12,19). The molecule has 1 heterocycles. The molecule has 0 atom stereocenters. The van der Waals surface area contributed by atoms with Gasteiger partial charge in [0, 0.05) is 0 Å². The number of azo groups is 1. The molecule has 0 saturated heterocycles. The van der Waals surface area contributed by atoms with E-state index >= 15 is 0 Å². The monoisotopic (exact) mass is 277 g/mol. The summed E-state index contributed by atoms with van der Waals surface area (Å²) in [5.41, 5.74) is 5.74. The van der Waals surface area contributed by atoms with E-state index in [4.69, 9.17) is 18.0 Å². The van der Waals surface area contributed by atoms with Gasteiger partial charge in [-0.15, -0.1) is 10.2 Å². The van der Waals surface area contributed by atoms with Crippen molar-refractivity contribution in [3.05, 3.63) is 40.3 Å². The highest BCUT2D eigenvalue weighted by Crippen LogP contribution is 2.26. The van der Waals surface area contributed by atoms with E-state index in [1.54, 1.807) is 25.1 Å². The molecule has 0 saturated carbocycles. The molecule has 0 fully saturated rings. The Hall–Kier alpha value is -2.48. The van der Waals surface area contributed by atoms with Crippen molar-refractivity contribution in [3.63, 3.8) is 0 Å². The molecule has 1 aromatic carbocycles. The van der Waals surface area contributed by atoms with Crippen LogP contribution in [0.4, 0.5) is 11.4 Å². The van der Waals surface area contributed by atoms with Crippen molar-refractivity contribution in [1.82, 2.24) is 9.78 Å². The maximum absolute atomic E-state index is 11.9. The highest BCUT2D eigenvalue weighted by molar-refractivity contribution is 7.80. The molecular formula is C11H11N5O2S. The van der Waals surface area contributed by atoms with Gasteiger partial charge in [0.05, 0.1) is 5.69 Å². The minimum Gasteiger partial charge on any atom is -0.506 e. The Bertz CT molecular complexity index is 716. The zero-order chi connectivity index (χ0) is 14.0. The molecule has 0 bridgehead atoms. The molecule has 2 aromatic rings. The van der Waals surface area contributed by atoms with Crippen LogP contribution in [0.15, 0.2) is 39.3 Å². The minimum atomic E-state index is -0.482. The fourth-order valence-electron chi connectivity index (χ4n) is 1.46. The third-order valence-electron chi connectivity index (χ3n) is 2.40. The van der Waals surface area contributed by atoms with E-state index in [1.165, 1.54) is 6.07 Å². The third kappa shape index (κ3) is 2.52. The Kier molecular flexibility index (Phi) is 3.43. The maximum Gasteiger partial charge on any atom is 0.301 e. The fraction of sp³-hybridized carbons (Fsp3) is 0.0909. The van der Waals surface area contributed by atoms with E-state index in [0.29, 0.717) is 5.69 Å². The number of phenols is 1. The molecule has 98 valence electrons. The molecule has 0 aliphatic heterocycles. The van der Waals surface area contributed by atoms with Gasteiger partial charge in [-0.25, -0.2) is 0 Å². The highest BCUT2D eigenvalue weighted by Gasteiger charge is 2.12. The first-order valence-electron chi connectivity index (χ1n) is 5.32. The number of aromatic hydroxyl groups is 1. The molecule has 0 aliphatic carbocycles. The Morgan fingerprint density at radius 2 is 2.11 bits per heavy atom. The van der Waals surface area contributed by atoms with Crippen LogP contribution in [-0.4, -0.2) is 20.0 Å². The van der Waals surface area contributed by atoms with Crippen molar-refractivity contribution in [3.8, 4) is 5.75 Å². The van der Waals surface area contributed by atoms with E-state index in [9.17, 15) is 9.90 Å². The van der Waals surface area contributed by atoms with Crippen LogP contribution in [0.3, 0.4) is 0 Å². The average Bonchev–Trinajstić information content (AvgIpc) is 2.65. The second-order valence-electron chi connectivity index (χ2n) is 3.75. The lowest BCUT2D eigenvalue weighted by Gasteiger charge is -1.94. The average molecular weight is 277 g/mol. The highest BCUT2D eigenvalue weighted by atomic mass is 32.1. The first kappa shape index (κ1) is 13.0. The normalized spacial score (nSPS) is 11.0. The quantitative estimate of drug-likeness (QED) is 0.573. The van der Waals surface area contributed by atoms with Crippen LogP contribution in [-0.2, 0) is 0 Å². The van der Waals surface area contributed by atoms with Gasteiger partial charge in [-0.1, -0.05) is 12.1 Å². The summed E-state index contributed by atoms with van der Waals surface area (Å²) in [7, 11) is 0. The van der Waals surface area contributed by atoms with Crippen LogP contribution in [0.25, 0.3) is 0 Å². The number of nitrogens with two attached hydrogens (primary N) is 1. The van der Waals surface area contributed by atoms with Crippen LogP contribution in [0.2, 0.25) is 0 Å². The van der Waals surface area contributed by atoms with Gasteiger partial charge < -0.3 is 10.8 Å². The summed E-state index contributed by atoms with van der Waals surface area (Å²) in [5.74, 6) is -0.0193. The lowest BCUT2D eigenvalue weighted by Crippen LogP contribution is -2.29. The minimum absolute atomic E-state index is 0.0193. The number of hydrogen-bond donors (Lipinski definition) is 3. The largest absolute Gasteiger partial charge is 0.506 e. The van der Waals surface area contributed by atoms with Gasteiger partial charge in [0.15, 0.2) is 10.8 Å². The number of hydrogen-bond acceptors (Lipinski definition) is 5. The number of para-hydroxylation sites is 1. The van der Waals surface area contributed by atoms with Crippen LogP contribution in [0.5, 0.6) is 5.75 Å². The molecule has 19 heavy (non-hydrogen) atoms. The summed E-state index contributed by atoms with van der Waals surface area (Å²) in [5, 5.41) is 19.8. The predicted octanol–water partition coefficient (Wildman–Crippen LogP) is 1.70. The van der Waals surface area contributed by atoms with Gasteiger partial charge in [0.2, 0.25) is 0 Å². The van der Waals surface area contributed by atoms with Crippen molar-refractivity contribution in [1.29, 1.82) is 0 Å². The lowest BCUT2D eigenvalue weighted by atomic mass is 10.3. The Morgan fingerprint density at radius 3 is 2.68 bits per heavy atom. The maximum atomic E-state index is 11.9. The van der Waals surface area contributed by atoms with Crippen molar-refractivity contribution in [2.45, 2.75) is 6.92 Å². The summed E-state index contributed by atoms with van der Waals surface area (Å²) in [6.07, 6.45) is 0. The van der Waals surface area contributed by atoms with Crippen LogP contribution in [0, 0.1) is 6.92 Å². The predicted molar refractivity (Wildman–Crippen MR) is 74.3 cm³/mol. The Labute approximate surface area is 113 Å². The molecule has 4 N–H and O–H groups in total. The topological polar surface area (TPSA) is 109 Å². The van der Waals surface area contributed by atoms with Gasteiger partial charge in [0.1, 0.15) is 11.4 Å². The number of aromatic amines is 1. The molecule has 0 radical (unpaired) electrons.